The molecule has 1 heterocycles. The average Bonchev–Trinajstić information content (AvgIpc) is 2.75. The summed E-state index contributed by atoms with van der Waals surface area (Å²) in [5.41, 5.74) is 2.62. The molecule has 0 saturated heterocycles. The minimum Gasteiger partial charge on any atom is -0.445 e. The lowest BCUT2D eigenvalue weighted by Crippen LogP contribution is -2.24. The number of nitrogens with one attached hydrogen (secondary N) is 1. The van der Waals surface area contributed by atoms with E-state index in [1.165, 1.54) is 0 Å². The fraction of sp³-hybridized carbons (Fsp3) is 0.286. The van der Waals surface area contributed by atoms with Crippen LogP contribution in [-0.2, 0) is 17.9 Å². The summed E-state index contributed by atoms with van der Waals surface area (Å²) in [5.74, 6) is 0.709. The molecule has 0 atom stereocenters. The zero-order chi connectivity index (χ0) is 13.7. The van der Waals surface area contributed by atoms with Gasteiger partial charge in [0, 0.05) is 5.56 Å². The first kappa shape index (κ1) is 13.1. The lowest BCUT2D eigenvalue weighted by Gasteiger charge is -2.06. The van der Waals surface area contributed by atoms with E-state index in [0.717, 1.165) is 16.8 Å². The minimum absolute atomic E-state index is 0.258. The monoisotopic (exact) mass is 260 g/mol. The molecule has 1 aromatic heterocycles. The number of alkyl carbamates (subject to hydrolysis) is 1. The molecule has 0 aliphatic rings. The van der Waals surface area contributed by atoms with Crippen LogP contribution in [0.2, 0.25) is 0 Å². The van der Waals surface area contributed by atoms with Crippen LogP contribution in [0.3, 0.4) is 0 Å². The van der Waals surface area contributed by atoms with Gasteiger partial charge in [-0.1, -0.05) is 35.5 Å². The number of nitrogens with zero attached hydrogens (tertiary/aromatic N) is 1. The largest absolute Gasteiger partial charge is 0.445 e. The van der Waals surface area contributed by atoms with Crippen molar-refractivity contribution in [3.05, 3.63) is 52.9 Å². The zero-order valence-corrected chi connectivity index (χ0v) is 11.0. The van der Waals surface area contributed by atoms with Gasteiger partial charge >= 0.3 is 6.09 Å². The number of rotatable bonds is 4. The Morgan fingerprint density at radius 1 is 1.32 bits per heavy atom. The molecule has 5 nitrogen and oxygen atoms in total. The van der Waals surface area contributed by atoms with E-state index in [2.05, 4.69) is 10.5 Å². The first-order valence-electron chi connectivity index (χ1n) is 6.03. The Morgan fingerprint density at radius 3 is 2.68 bits per heavy atom. The van der Waals surface area contributed by atoms with E-state index >= 15 is 0 Å². The zero-order valence-electron chi connectivity index (χ0n) is 11.0. The number of benzene rings is 1. The predicted molar refractivity (Wildman–Crippen MR) is 69.4 cm³/mol. The summed E-state index contributed by atoms with van der Waals surface area (Å²) in [6, 6.07) is 9.53. The van der Waals surface area contributed by atoms with Crippen molar-refractivity contribution in [2.24, 2.45) is 0 Å². The van der Waals surface area contributed by atoms with Gasteiger partial charge in [-0.05, 0) is 19.4 Å². The Kier molecular flexibility index (Phi) is 4.18. The molecule has 0 unspecified atom stereocenters. The second-order valence-corrected chi connectivity index (χ2v) is 4.22. The molecular formula is C14H16N2O3. The molecule has 1 amide bonds. The lowest BCUT2D eigenvalue weighted by atomic mass is 10.2. The number of carbonyl (C=O) groups excluding carboxylic acids is 1. The Morgan fingerprint density at radius 2 is 2.05 bits per heavy atom. The van der Waals surface area contributed by atoms with Crippen LogP contribution in [0.4, 0.5) is 4.79 Å². The number of ether oxygens (including phenoxy) is 1. The number of amides is 1. The van der Waals surface area contributed by atoms with Gasteiger partial charge in [-0.25, -0.2) is 4.79 Å². The topological polar surface area (TPSA) is 64.4 Å². The van der Waals surface area contributed by atoms with Crippen LogP contribution in [0.1, 0.15) is 22.6 Å². The fourth-order valence-electron chi connectivity index (χ4n) is 1.69. The Balaban J connectivity index is 1.79. The van der Waals surface area contributed by atoms with Crippen molar-refractivity contribution in [1.82, 2.24) is 10.5 Å². The first-order chi connectivity index (χ1) is 9.16. The van der Waals surface area contributed by atoms with Crippen molar-refractivity contribution in [2.75, 3.05) is 0 Å². The van der Waals surface area contributed by atoms with Crippen LogP contribution in [0.25, 0.3) is 0 Å². The highest BCUT2D eigenvalue weighted by Gasteiger charge is 2.10. The molecule has 0 saturated carbocycles. The number of hydrogen-bond acceptors (Lipinski definition) is 4. The summed E-state index contributed by atoms with van der Waals surface area (Å²) in [4.78, 5) is 11.5. The summed E-state index contributed by atoms with van der Waals surface area (Å²) in [7, 11) is 0. The molecule has 0 aliphatic heterocycles. The van der Waals surface area contributed by atoms with Crippen molar-refractivity contribution < 1.29 is 14.1 Å². The van der Waals surface area contributed by atoms with Crippen LogP contribution < -0.4 is 5.32 Å². The Bertz CT molecular complexity index is 530. The predicted octanol–water partition coefficient (Wildman–Crippen LogP) is 2.72. The van der Waals surface area contributed by atoms with Gasteiger partial charge in [0.2, 0.25) is 0 Å². The van der Waals surface area contributed by atoms with Gasteiger partial charge in [0.05, 0.1) is 12.2 Å². The van der Waals surface area contributed by atoms with Crippen LogP contribution >= 0.6 is 0 Å². The van der Waals surface area contributed by atoms with E-state index in [0.29, 0.717) is 12.3 Å². The highest BCUT2D eigenvalue weighted by molar-refractivity contribution is 5.67. The third-order valence-corrected chi connectivity index (χ3v) is 2.80. The maximum Gasteiger partial charge on any atom is 0.407 e. The molecule has 0 aliphatic carbocycles. The minimum atomic E-state index is -0.455. The third kappa shape index (κ3) is 3.58. The molecule has 100 valence electrons. The van der Waals surface area contributed by atoms with Gasteiger partial charge in [-0.15, -0.1) is 0 Å². The second-order valence-electron chi connectivity index (χ2n) is 4.22. The fourth-order valence-corrected chi connectivity index (χ4v) is 1.69. The average molecular weight is 260 g/mol. The number of aryl methyl sites for hydroxylation is 2. The second kappa shape index (κ2) is 6.04. The number of carbonyl (C=O) groups is 1. The van der Waals surface area contributed by atoms with E-state index in [1.807, 2.05) is 44.2 Å². The standard InChI is InChI=1S/C14H16N2O3/c1-10-13(11(2)19-16-10)8-15-14(17)18-9-12-6-4-3-5-7-12/h3-7H,8-9H2,1-2H3,(H,15,17). The van der Waals surface area contributed by atoms with Crippen molar-refractivity contribution in [2.45, 2.75) is 27.0 Å². The summed E-state index contributed by atoms with van der Waals surface area (Å²) < 4.78 is 10.1. The summed E-state index contributed by atoms with van der Waals surface area (Å²) >= 11 is 0. The molecule has 5 heteroatoms. The van der Waals surface area contributed by atoms with Gasteiger partial charge in [0.15, 0.2) is 0 Å². The molecule has 19 heavy (non-hydrogen) atoms. The van der Waals surface area contributed by atoms with Crippen LogP contribution in [-0.4, -0.2) is 11.2 Å². The van der Waals surface area contributed by atoms with Crippen molar-refractivity contribution in [1.29, 1.82) is 0 Å². The van der Waals surface area contributed by atoms with Crippen LogP contribution in [0, 0.1) is 13.8 Å². The van der Waals surface area contributed by atoms with Gasteiger partial charge in [0.1, 0.15) is 12.4 Å². The summed E-state index contributed by atoms with van der Waals surface area (Å²) in [6.45, 7) is 4.26. The van der Waals surface area contributed by atoms with E-state index < -0.39 is 6.09 Å². The molecule has 0 bridgehead atoms. The van der Waals surface area contributed by atoms with Crippen LogP contribution in [0.15, 0.2) is 34.9 Å². The molecule has 1 N–H and O–H groups in total. The molecule has 2 aromatic rings. The normalized spacial score (nSPS) is 10.2. The smallest absolute Gasteiger partial charge is 0.407 e. The van der Waals surface area contributed by atoms with E-state index in [1.54, 1.807) is 0 Å². The molecule has 0 radical (unpaired) electrons. The summed E-state index contributed by atoms with van der Waals surface area (Å²) in [5, 5.41) is 6.50. The maximum atomic E-state index is 11.5. The number of aromatic nitrogens is 1. The van der Waals surface area contributed by atoms with Gasteiger partial charge in [-0.3, -0.25) is 0 Å². The van der Waals surface area contributed by atoms with E-state index in [-0.39, 0.29) is 6.61 Å². The molecule has 0 fully saturated rings. The molecule has 1 aromatic carbocycles. The SMILES string of the molecule is Cc1noc(C)c1CNC(=O)OCc1ccccc1. The van der Waals surface area contributed by atoms with E-state index in [9.17, 15) is 4.79 Å². The molecule has 2 rings (SSSR count). The molecular weight excluding hydrogens is 244 g/mol. The maximum absolute atomic E-state index is 11.5. The first-order valence-corrected chi connectivity index (χ1v) is 6.03. The number of hydrogen-bond donors (Lipinski definition) is 1. The molecule has 0 spiro atoms. The van der Waals surface area contributed by atoms with E-state index in [4.69, 9.17) is 9.26 Å². The Labute approximate surface area is 111 Å². The van der Waals surface area contributed by atoms with Gasteiger partial charge in [0.25, 0.3) is 0 Å². The highest BCUT2D eigenvalue weighted by atomic mass is 16.5. The van der Waals surface area contributed by atoms with Gasteiger partial charge in [-0.2, -0.15) is 0 Å². The van der Waals surface area contributed by atoms with Crippen molar-refractivity contribution >= 4 is 6.09 Å². The van der Waals surface area contributed by atoms with Crippen LogP contribution in [0.5, 0.6) is 0 Å². The quantitative estimate of drug-likeness (QED) is 0.918. The van der Waals surface area contributed by atoms with Crippen molar-refractivity contribution in [3.63, 3.8) is 0 Å². The summed E-state index contributed by atoms with van der Waals surface area (Å²) in [6.07, 6.45) is -0.455. The highest BCUT2D eigenvalue weighted by Crippen LogP contribution is 2.11. The van der Waals surface area contributed by atoms with Gasteiger partial charge < -0.3 is 14.6 Å². The lowest BCUT2D eigenvalue weighted by molar-refractivity contribution is 0.139. The third-order valence-electron chi connectivity index (χ3n) is 2.80. The Hall–Kier alpha value is -2.30. The van der Waals surface area contributed by atoms with Crippen molar-refractivity contribution in [3.8, 4) is 0 Å².